The van der Waals surface area contributed by atoms with E-state index in [4.69, 9.17) is 4.74 Å². The molecule has 3 aromatic rings. The maximum atomic E-state index is 12.9. The number of nitrogens with zero attached hydrogens (tertiary/aromatic N) is 4. The maximum absolute atomic E-state index is 12.9. The van der Waals surface area contributed by atoms with E-state index in [0.29, 0.717) is 28.1 Å². The van der Waals surface area contributed by atoms with Crippen LogP contribution in [0.1, 0.15) is 55.2 Å². The molecule has 0 aliphatic heterocycles. The summed E-state index contributed by atoms with van der Waals surface area (Å²) >= 11 is 2.32. The minimum atomic E-state index is -0.609. The highest BCUT2D eigenvalue weighted by Gasteiger charge is 2.43. The highest BCUT2D eigenvalue weighted by atomic mass is 32.2. The number of benzene rings is 1. The van der Waals surface area contributed by atoms with Crippen molar-refractivity contribution in [3.63, 3.8) is 0 Å². The highest BCUT2D eigenvalue weighted by Crippen LogP contribution is 2.54. The van der Waals surface area contributed by atoms with Crippen LogP contribution in [-0.4, -0.2) is 64.4 Å². The van der Waals surface area contributed by atoms with Crippen molar-refractivity contribution in [3.05, 3.63) is 70.4 Å². The molecule has 0 saturated heterocycles. The van der Waals surface area contributed by atoms with Crippen LogP contribution in [0.2, 0.25) is 0 Å². The molecule has 1 aliphatic rings. The monoisotopic (exact) mass is 539 g/mol. The van der Waals surface area contributed by atoms with Crippen molar-refractivity contribution in [1.82, 2.24) is 19.7 Å². The molecule has 1 fully saturated rings. The Labute approximate surface area is 223 Å². The van der Waals surface area contributed by atoms with Crippen LogP contribution in [0.25, 0.3) is 0 Å². The zero-order valence-electron chi connectivity index (χ0n) is 21.2. The Morgan fingerprint density at radius 1 is 1.24 bits per heavy atom. The maximum Gasteiger partial charge on any atom is 0.341 e. The Hall–Kier alpha value is -3.44. The van der Waals surface area contributed by atoms with Crippen LogP contribution >= 0.6 is 23.1 Å². The number of anilines is 1. The molecule has 9 nitrogen and oxygen atoms in total. The second-order valence-electron chi connectivity index (χ2n) is 8.89. The fraction of sp³-hybridized carbons (Fsp3) is 0.346. The molecule has 0 radical (unpaired) electrons. The predicted octanol–water partition coefficient (Wildman–Crippen LogP) is 4.32. The van der Waals surface area contributed by atoms with Gasteiger partial charge in [0.15, 0.2) is 5.16 Å². The molecule has 0 spiro atoms. The van der Waals surface area contributed by atoms with Gasteiger partial charge in [0, 0.05) is 26.6 Å². The highest BCUT2D eigenvalue weighted by molar-refractivity contribution is 7.99. The van der Waals surface area contributed by atoms with Crippen LogP contribution in [0.15, 0.2) is 48.1 Å². The lowest BCUT2D eigenvalue weighted by Gasteiger charge is -2.08. The zero-order valence-corrected chi connectivity index (χ0v) is 22.8. The minimum absolute atomic E-state index is 0.0522. The van der Waals surface area contributed by atoms with Crippen LogP contribution in [0.3, 0.4) is 0 Å². The van der Waals surface area contributed by atoms with E-state index in [1.54, 1.807) is 27.1 Å². The number of thiophene rings is 1. The molecule has 1 N–H and O–H groups in total. The summed E-state index contributed by atoms with van der Waals surface area (Å²) < 4.78 is 6.89. The van der Waals surface area contributed by atoms with Crippen LogP contribution in [0.4, 0.5) is 5.00 Å². The average Bonchev–Trinajstić information content (AvgIpc) is 3.49. The van der Waals surface area contributed by atoms with E-state index in [-0.39, 0.29) is 34.0 Å². The third-order valence-corrected chi connectivity index (χ3v) is 8.29. The van der Waals surface area contributed by atoms with Gasteiger partial charge in [0.25, 0.3) is 5.91 Å². The number of carbonyl (C=O) groups excluding carboxylic acids is 3. The second kappa shape index (κ2) is 11.3. The van der Waals surface area contributed by atoms with Crippen molar-refractivity contribution in [2.75, 3.05) is 32.3 Å². The van der Waals surface area contributed by atoms with E-state index >= 15 is 0 Å². The molecule has 37 heavy (non-hydrogen) atoms. The minimum Gasteiger partial charge on any atom is -0.465 e. The van der Waals surface area contributed by atoms with E-state index in [9.17, 15) is 14.4 Å². The van der Waals surface area contributed by atoms with Crippen molar-refractivity contribution in [3.8, 4) is 0 Å². The van der Waals surface area contributed by atoms with Crippen LogP contribution in [-0.2, 0) is 16.1 Å². The molecule has 4 rings (SSSR count). The molecule has 1 aromatic carbocycles. The lowest BCUT2D eigenvalue weighted by molar-refractivity contribution is -0.113. The molecular formula is C26H29N5O4S2. The molecule has 2 aromatic heterocycles. The standard InChI is InChI=1S/C26H29N5O4S2/c1-6-12-31-22(18-13-17(18)16-10-8-7-9-11-16)28-29-26(31)36-14-19(32)27-23-20(25(34)35-5)15(2)21(37-23)24(33)30(3)4/h6-11,17-18H,1,12-14H2,2-5H3,(H,27,32). The zero-order chi connectivity index (χ0) is 26.7. The van der Waals surface area contributed by atoms with Gasteiger partial charge in [-0.2, -0.15) is 0 Å². The number of hydrogen-bond donors (Lipinski definition) is 1. The largest absolute Gasteiger partial charge is 0.465 e. The molecule has 194 valence electrons. The summed E-state index contributed by atoms with van der Waals surface area (Å²) in [6.45, 7) is 6.07. The van der Waals surface area contributed by atoms with Gasteiger partial charge in [0.05, 0.1) is 23.3 Å². The Morgan fingerprint density at radius 3 is 2.62 bits per heavy atom. The third kappa shape index (κ3) is 5.62. The molecule has 0 bridgehead atoms. The van der Waals surface area contributed by atoms with Gasteiger partial charge in [-0.05, 0) is 30.4 Å². The summed E-state index contributed by atoms with van der Waals surface area (Å²) in [6.07, 6.45) is 2.80. The van der Waals surface area contributed by atoms with Crippen molar-refractivity contribution < 1.29 is 19.1 Å². The topological polar surface area (TPSA) is 106 Å². The van der Waals surface area contributed by atoms with Crippen molar-refractivity contribution in [1.29, 1.82) is 0 Å². The number of thioether (sulfide) groups is 1. The summed E-state index contributed by atoms with van der Waals surface area (Å²) in [7, 11) is 4.53. The van der Waals surface area contributed by atoms with Gasteiger partial charge in [-0.25, -0.2) is 4.79 Å². The number of aromatic nitrogens is 3. The van der Waals surface area contributed by atoms with Crippen LogP contribution in [0, 0.1) is 6.92 Å². The molecule has 1 aliphatic carbocycles. The summed E-state index contributed by atoms with van der Waals surface area (Å²) in [4.78, 5) is 39.6. The summed E-state index contributed by atoms with van der Waals surface area (Å²) in [5, 5.41) is 12.5. The SMILES string of the molecule is C=CCn1c(SCC(=O)Nc2sc(C(=O)N(C)C)c(C)c2C(=O)OC)nnc1C1CC1c1ccccc1. The van der Waals surface area contributed by atoms with Crippen LogP contribution < -0.4 is 5.32 Å². The Balaban J connectivity index is 1.48. The lowest BCUT2D eigenvalue weighted by Crippen LogP contribution is -2.21. The number of methoxy groups -OCH3 is 1. The number of hydrogen-bond acceptors (Lipinski definition) is 8. The molecule has 2 heterocycles. The van der Waals surface area contributed by atoms with Crippen molar-refractivity contribution in [2.24, 2.45) is 0 Å². The van der Waals surface area contributed by atoms with E-state index in [0.717, 1.165) is 23.6 Å². The number of esters is 1. The average molecular weight is 540 g/mol. The molecule has 2 atom stereocenters. The lowest BCUT2D eigenvalue weighted by atomic mass is 10.1. The molecular weight excluding hydrogens is 510 g/mol. The van der Waals surface area contributed by atoms with Crippen LogP contribution in [0.5, 0.6) is 0 Å². The summed E-state index contributed by atoms with van der Waals surface area (Å²) in [5.41, 5.74) is 1.95. The predicted molar refractivity (Wildman–Crippen MR) is 145 cm³/mol. The first-order valence-corrected chi connectivity index (χ1v) is 13.5. The van der Waals surface area contributed by atoms with E-state index in [2.05, 4.69) is 34.2 Å². The number of amides is 2. The van der Waals surface area contributed by atoms with E-state index < -0.39 is 5.97 Å². The quantitative estimate of drug-likeness (QED) is 0.232. The molecule has 2 unspecified atom stereocenters. The number of allylic oxidation sites excluding steroid dienone is 1. The van der Waals surface area contributed by atoms with Gasteiger partial charge in [0.2, 0.25) is 5.91 Å². The fourth-order valence-corrected chi connectivity index (χ4v) is 6.17. The number of carbonyl (C=O) groups is 3. The van der Waals surface area contributed by atoms with Crippen molar-refractivity contribution in [2.45, 2.75) is 36.9 Å². The molecule has 1 saturated carbocycles. The Kier molecular flexibility index (Phi) is 8.13. The van der Waals surface area contributed by atoms with Crippen molar-refractivity contribution >= 4 is 45.9 Å². The molecule has 11 heteroatoms. The summed E-state index contributed by atoms with van der Waals surface area (Å²) in [5.74, 6) is 0.448. The third-order valence-electron chi connectivity index (χ3n) is 6.13. The van der Waals surface area contributed by atoms with Gasteiger partial charge in [-0.1, -0.05) is 48.2 Å². The Bertz CT molecular complexity index is 1330. The van der Waals surface area contributed by atoms with E-state index in [1.165, 1.54) is 29.3 Å². The normalized spacial score (nSPS) is 16.2. The first kappa shape index (κ1) is 26.6. The number of rotatable bonds is 10. The fourth-order valence-electron chi connectivity index (χ4n) is 4.18. The number of ether oxygens (including phenoxy) is 1. The smallest absolute Gasteiger partial charge is 0.341 e. The van der Waals surface area contributed by atoms with Gasteiger partial charge >= 0.3 is 5.97 Å². The first-order valence-electron chi connectivity index (χ1n) is 11.7. The molecule has 2 amide bonds. The summed E-state index contributed by atoms with van der Waals surface area (Å²) in [6, 6.07) is 10.3. The second-order valence-corrected chi connectivity index (χ2v) is 10.9. The van der Waals surface area contributed by atoms with Gasteiger partial charge in [-0.3, -0.25) is 9.59 Å². The number of nitrogens with one attached hydrogen (secondary N) is 1. The van der Waals surface area contributed by atoms with Gasteiger partial charge in [0.1, 0.15) is 10.8 Å². The van der Waals surface area contributed by atoms with Gasteiger partial charge < -0.3 is 19.5 Å². The first-order chi connectivity index (χ1) is 17.8. The van der Waals surface area contributed by atoms with E-state index in [1.807, 2.05) is 22.8 Å². The van der Waals surface area contributed by atoms with Gasteiger partial charge in [-0.15, -0.1) is 28.1 Å². The Morgan fingerprint density at radius 2 is 1.97 bits per heavy atom.